The van der Waals surface area contributed by atoms with Crippen LogP contribution < -0.4 is 0 Å². The van der Waals surface area contributed by atoms with E-state index in [-0.39, 0.29) is 0 Å². The number of aryl methyl sites for hydroxylation is 2. The number of pyridine rings is 2. The van der Waals surface area contributed by atoms with Crippen molar-refractivity contribution in [2.24, 2.45) is 0 Å². The van der Waals surface area contributed by atoms with E-state index in [2.05, 4.69) is 52.1 Å². The van der Waals surface area contributed by atoms with Crippen LogP contribution in [0.3, 0.4) is 0 Å². The van der Waals surface area contributed by atoms with Crippen molar-refractivity contribution in [3.8, 4) is 0 Å². The molecule has 1 unspecified atom stereocenters. The predicted octanol–water partition coefficient (Wildman–Crippen LogP) is 3.77. The molecule has 3 heteroatoms. The smallest absolute Gasteiger partial charge is 0.0547 e. The molecule has 3 rings (SSSR count). The molecule has 22 heavy (non-hydrogen) atoms. The van der Waals surface area contributed by atoms with Gasteiger partial charge in [-0.05, 0) is 63.4 Å². The van der Waals surface area contributed by atoms with Crippen molar-refractivity contribution >= 4 is 0 Å². The third-order valence-electron chi connectivity index (χ3n) is 4.52. The minimum Gasteiger partial charge on any atom is -0.295 e. The number of rotatable bonds is 5. The zero-order valence-electron chi connectivity index (χ0n) is 13.4. The van der Waals surface area contributed by atoms with Crippen LogP contribution in [0.25, 0.3) is 0 Å². The van der Waals surface area contributed by atoms with E-state index in [1.54, 1.807) is 0 Å². The number of hydrogen-bond donors (Lipinski definition) is 0. The van der Waals surface area contributed by atoms with Crippen LogP contribution in [-0.4, -0.2) is 27.5 Å². The lowest BCUT2D eigenvalue weighted by Crippen LogP contribution is -2.39. The first-order chi connectivity index (χ1) is 10.8. The molecule has 0 aliphatic carbocycles. The minimum absolute atomic E-state index is 0.665. The van der Waals surface area contributed by atoms with Gasteiger partial charge in [0.1, 0.15) is 0 Å². The quantitative estimate of drug-likeness (QED) is 0.840. The Hall–Kier alpha value is -1.74. The summed E-state index contributed by atoms with van der Waals surface area (Å²) in [6, 6.07) is 13.2. The lowest BCUT2D eigenvalue weighted by atomic mass is 9.97. The number of hydrogen-bond acceptors (Lipinski definition) is 3. The number of likely N-dealkylation sites (tertiary alicyclic amines) is 1. The van der Waals surface area contributed by atoms with E-state index in [0.717, 1.165) is 18.7 Å². The summed E-state index contributed by atoms with van der Waals surface area (Å²) in [5.74, 6) is 0. The highest BCUT2D eigenvalue weighted by Crippen LogP contribution is 2.22. The van der Waals surface area contributed by atoms with Crippen LogP contribution in [0.2, 0.25) is 0 Å². The molecule has 0 spiro atoms. The molecule has 2 aromatic heterocycles. The Bertz CT molecular complexity index is 582. The van der Waals surface area contributed by atoms with Crippen molar-refractivity contribution in [2.75, 3.05) is 6.54 Å². The van der Waals surface area contributed by atoms with Gasteiger partial charge in [0.25, 0.3) is 0 Å². The fraction of sp³-hybridized carbons (Fsp3) is 0.474. The van der Waals surface area contributed by atoms with Gasteiger partial charge in [0.2, 0.25) is 0 Å². The summed E-state index contributed by atoms with van der Waals surface area (Å²) >= 11 is 0. The fourth-order valence-corrected chi connectivity index (χ4v) is 3.35. The molecule has 1 saturated heterocycles. The van der Waals surface area contributed by atoms with Gasteiger partial charge in [-0.25, -0.2) is 0 Å². The molecule has 0 aromatic carbocycles. The number of nitrogens with zero attached hydrogens (tertiary/aromatic N) is 3. The van der Waals surface area contributed by atoms with Crippen molar-refractivity contribution in [1.82, 2.24) is 14.9 Å². The van der Waals surface area contributed by atoms with Crippen molar-refractivity contribution in [1.29, 1.82) is 0 Å². The second-order valence-corrected chi connectivity index (χ2v) is 6.25. The summed E-state index contributed by atoms with van der Waals surface area (Å²) in [5.41, 5.74) is 3.52. The molecule has 0 amide bonds. The summed E-state index contributed by atoms with van der Waals surface area (Å²) in [7, 11) is 0. The van der Waals surface area contributed by atoms with E-state index >= 15 is 0 Å². The van der Waals surface area contributed by atoms with E-state index in [0.29, 0.717) is 6.04 Å². The fourth-order valence-electron chi connectivity index (χ4n) is 3.35. The first-order valence-corrected chi connectivity index (χ1v) is 8.38. The molecule has 0 saturated carbocycles. The van der Waals surface area contributed by atoms with Crippen molar-refractivity contribution in [3.05, 3.63) is 59.7 Å². The average molecular weight is 295 g/mol. The largest absolute Gasteiger partial charge is 0.295 e. The van der Waals surface area contributed by atoms with Crippen LogP contribution in [-0.2, 0) is 13.0 Å². The highest BCUT2D eigenvalue weighted by molar-refractivity contribution is 5.10. The summed E-state index contributed by atoms with van der Waals surface area (Å²) in [5, 5.41) is 0. The van der Waals surface area contributed by atoms with E-state index in [1.807, 2.05) is 12.3 Å². The van der Waals surface area contributed by atoms with Gasteiger partial charge in [0.05, 0.1) is 5.69 Å². The SMILES string of the molecule is Cc1cccc(CN2CCCCC2CCc2ccccn2)n1. The minimum atomic E-state index is 0.665. The molecule has 0 N–H and O–H groups in total. The average Bonchev–Trinajstić information content (AvgIpc) is 2.55. The van der Waals surface area contributed by atoms with Gasteiger partial charge in [0, 0.05) is 30.2 Å². The van der Waals surface area contributed by atoms with Gasteiger partial charge in [-0.2, -0.15) is 0 Å². The van der Waals surface area contributed by atoms with E-state index in [1.165, 1.54) is 43.6 Å². The van der Waals surface area contributed by atoms with Crippen LogP contribution in [0.15, 0.2) is 42.6 Å². The van der Waals surface area contributed by atoms with E-state index in [4.69, 9.17) is 0 Å². The highest BCUT2D eigenvalue weighted by atomic mass is 15.2. The molecule has 0 bridgehead atoms. The standard InChI is InChI=1S/C19H25N3/c1-16-7-6-9-18(21-16)15-22-14-5-3-10-19(22)12-11-17-8-2-4-13-20-17/h2,4,6-9,13,19H,3,5,10-12,14-15H2,1H3. The van der Waals surface area contributed by atoms with Crippen molar-refractivity contribution < 1.29 is 0 Å². The normalized spacial score (nSPS) is 19.2. The highest BCUT2D eigenvalue weighted by Gasteiger charge is 2.22. The van der Waals surface area contributed by atoms with Gasteiger partial charge in [-0.3, -0.25) is 14.9 Å². The van der Waals surface area contributed by atoms with Crippen LogP contribution in [0.1, 0.15) is 42.8 Å². The van der Waals surface area contributed by atoms with Crippen LogP contribution in [0.4, 0.5) is 0 Å². The second kappa shape index (κ2) is 7.50. The van der Waals surface area contributed by atoms with Gasteiger partial charge < -0.3 is 0 Å². The van der Waals surface area contributed by atoms with Crippen LogP contribution in [0, 0.1) is 6.92 Å². The molecule has 1 aliphatic rings. The number of aromatic nitrogens is 2. The second-order valence-electron chi connectivity index (χ2n) is 6.25. The Morgan fingerprint density at radius 3 is 2.82 bits per heavy atom. The van der Waals surface area contributed by atoms with Gasteiger partial charge in [-0.15, -0.1) is 0 Å². The van der Waals surface area contributed by atoms with Crippen molar-refractivity contribution in [2.45, 2.75) is 51.6 Å². The molecular formula is C19H25N3. The Morgan fingerprint density at radius 2 is 2.00 bits per heavy atom. The maximum Gasteiger partial charge on any atom is 0.0547 e. The van der Waals surface area contributed by atoms with Gasteiger partial charge >= 0.3 is 0 Å². The molecule has 3 heterocycles. The van der Waals surface area contributed by atoms with Crippen molar-refractivity contribution in [3.63, 3.8) is 0 Å². The summed E-state index contributed by atoms with van der Waals surface area (Å²) in [4.78, 5) is 11.7. The Labute approximate surface area is 133 Å². The summed E-state index contributed by atoms with van der Waals surface area (Å²) < 4.78 is 0. The van der Waals surface area contributed by atoms with Crippen LogP contribution >= 0.6 is 0 Å². The molecule has 0 radical (unpaired) electrons. The third-order valence-corrected chi connectivity index (χ3v) is 4.52. The molecule has 116 valence electrons. The first kappa shape index (κ1) is 15.2. The Kier molecular flexibility index (Phi) is 5.17. The molecule has 1 atom stereocenters. The topological polar surface area (TPSA) is 29.0 Å². The molecule has 3 nitrogen and oxygen atoms in total. The lowest BCUT2D eigenvalue weighted by molar-refractivity contribution is 0.130. The molecule has 1 fully saturated rings. The zero-order chi connectivity index (χ0) is 15.2. The zero-order valence-corrected chi connectivity index (χ0v) is 13.4. The monoisotopic (exact) mass is 295 g/mol. The summed E-state index contributed by atoms with van der Waals surface area (Å²) in [6.07, 6.45) is 8.13. The summed E-state index contributed by atoms with van der Waals surface area (Å²) in [6.45, 7) is 4.25. The maximum atomic E-state index is 4.67. The number of piperidine rings is 1. The third kappa shape index (κ3) is 4.14. The van der Waals surface area contributed by atoms with Gasteiger partial charge in [-0.1, -0.05) is 18.6 Å². The van der Waals surface area contributed by atoms with Crippen LogP contribution in [0.5, 0.6) is 0 Å². The Morgan fingerprint density at radius 1 is 1.09 bits per heavy atom. The Balaban J connectivity index is 1.61. The molecule has 1 aliphatic heterocycles. The molecular weight excluding hydrogens is 270 g/mol. The first-order valence-electron chi connectivity index (χ1n) is 8.38. The van der Waals surface area contributed by atoms with Gasteiger partial charge in [0.15, 0.2) is 0 Å². The maximum absolute atomic E-state index is 4.67. The van der Waals surface area contributed by atoms with E-state index in [9.17, 15) is 0 Å². The lowest BCUT2D eigenvalue weighted by Gasteiger charge is -2.35. The predicted molar refractivity (Wildman–Crippen MR) is 89.6 cm³/mol. The van der Waals surface area contributed by atoms with E-state index < -0.39 is 0 Å². The molecule has 2 aromatic rings.